The summed E-state index contributed by atoms with van der Waals surface area (Å²) in [6.07, 6.45) is -0.423. The Morgan fingerprint density at radius 3 is 2.21 bits per heavy atom. The van der Waals surface area contributed by atoms with E-state index < -0.39 is 31.1 Å². The summed E-state index contributed by atoms with van der Waals surface area (Å²) in [5, 5.41) is 8.20. The molecule has 0 spiro atoms. The van der Waals surface area contributed by atoms with Gasteiger partial charge in [-0.1, -0.05) is 5.92 Å². The number of carbonyl (C=O) groups is 2. The number of amides is 1. The minimum Gasteiger partial charge on any atom is -0.480 e. The summed E-state index contributed by atoms with van der Waals surface area (Å²) >= 11 is 0. The zero-order chi connectivity index (χ0) is 11.4. The summed E-state index contributed by atoms with van der Waals surface area (Å²) in [6, 6.07) is 0. The molecule has 0 atom stereocenters. The number of aliphatic carboxylic acids is 1. The van der Waals surface area contributed by atoms with E-state index in [2.05, 4.69) is 6.42 Å². The van der Waals surface area contributed by atoms with Gasteiger partial charge in [0.25, 0.3) is 0 Å². The molecule has 0 unspecified atom stereocenters. The normalized spacial score (nSPS) is 10.4. The zero-order valence-corrected chi connectivity index (χ0v) is 6.84. The number of halogens is 3. The summed E-state index contributed by atoms with van der Waals surface area (Å²) in [6.45, 7) is -1.76. The smallest absolute Gasteiger partial charge is 0.471 e. The van der Waals surface area contributed by atoms with Crippen LogP contribution in [-0.4, -0.2) is 41.1 Å². The molecule has 4 nitrogen and oxygen atoms in total. The van der Waals surface area contributed by atoms with Gasteiger partial charge in [-0.2, -0.15) is 13.2 Å². The van der Waals surface area contributed by atoms with Crippen molar-refractivity contribution in [3.05, 3.63) is 0 Å². The first-order chi connectivity index (χ1) is 6.29. The molecule has 1 N–H and O–H groups in total. The Bertz CT molecular complexity index is 279. The number of hydrogen-bond acceptors (Lipinski definition) is 2. The molecule has 0 aromatic heterocycles. The monoisotopic (exact) mass is 209 g/mol. The average molecular weight is 209 g/mol. The molecule has 7 heteroatoms. The van der Waals surface area contributed by atoms with Gasteiger partial charge in [0.1, 0.15) is 6.54 Å². The van der Waals surface area contributed by atoms with E-state index in [0.29, 0.717) is 0 Å². The van der Waals surface area contributed by atoms with Gasteiger partial charge in [0.2, 0.25) is 0 Å². The van der Waals surface area contributed by atoms with Crippen molar-refractivity contribution in [2.45, 2.75) is 6.18 Å². The Hall–Kier alpha value is -1.71. The minimum atomic E-state index is -5.10. The maximum Gasteiger partial charge on any atom is 0.471 e. The Kier molecular flexibility index (Phi) is 3.95. The minimum absolute atomic E-state index is 0.0301. The first-order valence-electron chi connectivity index (χ1n) is 3.30. The van der Waals surface area contributed by atoms with Crippen molar-refractivity contribution in [3.63, 3.8) is 0 Å². The Labute approximate surface area is 77.3 Å². The van der Waals surface area contributed by atoms with Gasteiger partial charge in [0.15, 0.2) is 0 Å². The second kappa shape index (κ2) is 4.50. The third kappa shape index (κ3) is 3.80. The van der Waals surface area contributed by atoms with Crippen LogP contribution in [0, 0.1) is 12.3 Å². The molecule has 0 aliphatic rings. The van der Waals surface area contributed by atoms with Crippen molar-refractivity contribution < 1.29 is 27.9 Å². The molecule has 0 aliphatic carbocycles. The lowest BCUT2D eigenvalue weighted by Gasteiger charge is -2.18. The third-order valence-corrected chi connectivity index (χ3v) is 1.14. The number of carboxylic acids is 1. The summed E-state index contributed by atoms with van der Waals surface area (Å²) in [4.78, 5) is 20.6. The van der Waals surface area contributed by atoms with Crippen LogP contribution >= 0.6 is 0 Å². The highest BCUT2D eigenvalue weighted by Crippen LogP contribution is 2.17. The maximum absolute atomic E-state index is 11.8. The van der Waals surface area contributed by atoms with Gasteiger partial charge >= 0.3 is 18.1 Å². The van der Waals surface area contributed by atoms with Gasteiger partial charge in [-0.3, -0.25) is 9.59 Å². The molecule has 0 radical (unpaired) electrons. The number of terminal acetylenes is 1. The van der Waals surface area contributed by atoms with Crippen LogP contribution in [0.1, 0.15) is 0 Å². The van der Waals surface area contributed by atoms with E-state index in [1.54, 1.807) is 5.92 Å². The van der Waals surface area contributed by atoms with Gasteiger partial charge in [0, 0.05) is 0 Å². The highest BCUT2D eigenvalue weighted by Gasteiger charge is 2.42. The second-order valence-electron chi connectivity index (χ2n) is 2.26. The molecule has 0 saturated heterocycles. The Morgan fingerprint density at radius 2 is 1.93 bits per heavy atom. The van der Waals surface area contributed by atoms with Gasteiger partial charge in [-0.25, -0.2) is 0 Å². The molecule has 0 saturated carbocycles. The fraction of sp³-hybridized carbons (Fsp3) is 0.429. The Morgan fingerprint density at radius 1 is 1.43 bits per heavy atom. The van der Waals surface area contributed by atoms with Gasteiger partial charge in [-0.05, 0) is 0 Å². The van der Waals surface area contributed by atoms with Crippen molar-refractivity contribution in [1.29, 1.82) is 0 Å². The van der Waals surface area contributed by atoms with Crippen LogP contribution in [-0.2, 0) is 9.59 Å². The molecule has 0 aromatic carbocycles. The van der Waals surface area contributed by atoms with E-state index >= 15 is 0 Å². The molecule has 1 amide bonds. The van der Waals surface area contributed by atoms with Crippen molar-refractivity contribution >= 4 is 11.9 Å². The fourth-order valence-corrected chi connectivity index (χ4v) is 0.652. The van der Waals surface area contributed by atoms with Gasteiger partial charge in [-0.15, -0.1) is 6.42 Å². The average Bonchev–Trinajstić information content (AvgIpc) is 2.00. The van der Waals surface area contributed by atoms with Crippen LogP contribution in [0.5, 0.6) is 0 Å². The first-order valence-corrected chi connectivity index (χ1v) is 3.30. The molecule has 0 aliphatic heterocycles. The number of carboxylic acid groups (broad SMARTS) is 1. The molecule has 0 bridgehead atoms. The molecular formula is C7H6F3NO3. The third-order valence-electron chi connectivity index (χ3n) is 1.14. The zero-order valence-electron chi connectivity index (χ0n) is 6.84. The highest BCUT2D eigenvalue weighted by atomic mass is 19.4. The topological polar surface area (TPSA) is 57.6 Å². The number of hydrogen-bond donors (Lipinski definition) is 1. The predicted octanol–water partition coefficient (Wildman–Crippen LogP) is 0.0951. The summed E-state index contributed by atoms with van der Waals surface area (Å²) in [5.74, 6) is -2.04. The summed E-state index contributed by atoms with van der Waals surface area (Å²) < 4.78 is 35.5. The first kappa shape index (κ1) is 12.3. The van der Waals surface area contributed by atoms with Crippen LogP contribution < -0.4 is 0 Å². The maximum atomic E-state index is 11.8. The van der Waals surface area contributed by atoms with Crippen LogP contribution in [0.4, 0.5) is 13.2 Å². The lowest BCUT2D eigenvalue weighted by Crippen LogP contribution is -2.43. The molecule has 0 aromatic rings. The molecule has 0 rings (SSSR count). The van der Waals surface area contributed by atoms with Crippen molar-refractivity contribution in [3.8, 4) is 12.3 Å². The van der Waals surface area contributed by atoms with Gasteiger partial charge < -0.3 is 10.0 Å². The van der Waals surface area contributed by atoms with Gasteiger partial charge in [0.05, 0.1) is 6.54 Å². The second-order valence-corrected chi connectivity index (χ2v) is 2.26. The fourth-order valence-electron chi connectivity index (χ4n) is 0.652. The quantitative estimate of drug-likeness (QED) is 0.670. The van der Waals surface area contributed by atoms with Crippen LogP contribution in [0.15, 0.2) is 0 Å². The molecule has 14 heavy (non-hydrogen) atoms. The number of rotatable bonds is 3. The standard InChI is InChI=1S/C7H6F3NO3/c1-2-3-11(4-5(12)13)6(14)7(8,9)10/h1H,3-4H2,(H,12,13). The van der Waals surface area contributed by atoms with Crippen LogP contribution in [0.2, 0.25) is 0 Å². The highest BCUT2D eigenvalue weighted by molar-refractivity contribution is 5.85. The van der Waals surface area contributed by atoms with Crippen molar-refractivity contribution in [2.24, 2.45) is 0 Å². The predicted molar refractivity (Wildman–Crippen MR) is 39.1 cm³/mol. The number of alkyl halides is 3. The molecule has 78 valence electrons. The molecular weight excluding hydrogens is 203 g/mol. The van der Waals surface area contributed by atoms with Crippen molar-refractivity contribution in [2.75, 3.05) is 13.1 Å². The van der Waals surface area contributed by atoms with Crippen LogP contribution in [0.25, 0.3) is 0 Å². The summed E-state index contributed by atoms with van der Waals surface area (Å²) in [7, 11) is 0. The molecule has 0 heterocycles. The van der Waals surface area contributed by atoms with E-state index in [0.717, 1.165) is 0 Å². The lowest BCUT2D eigenvalue weighted by atomic mass is 10.4. The Balaban J connectivity index is 4.59. The van der Waals surface area contributed by atoms with Crippen molar-refractivity contribution in [1.82, 2.24) is 4.90 Å². The van der Waals surface area contributed by atoms with E-state index in [1.807, 2.05) is 0 Å². The van der Waals surface area contributed by atoms with E-state index in [4.69, 9.17) is 5.11 Å². The molecule has 0 fully saturated rings. The number of nitrogens with zero attached hydrogens (tertiary/aromatic N) is 1. The SMILES string of the molecule is C#CCN(CC(=O)O)C(=O)C(F)(F)F. The van der Waals surface area contributed by atoms with E-state index in [9.17, 15) is 22.8 Å². The van der Waals surface area contributed by atoms with E-state index in [-0.39, 0.29) is 4.90 Å². The number of carbonyl (C=O) groups excluding carboxylic acids is 1. The van der Waals surface area contributed by atoms with E-state index in [1.165, 1.54) is 0 Å². The largest absolute Gasteiger partial charge is 0.480 e. The summed E-state index contributed by atoms with van der Waals surface area (Å²) in [5.41, 5.74) is 0. The lowest BCUT2D eigenvalue weighted by molar-refractivity contribution is -0.185. The van der Waals surface area contributed by atoms with Crippen LogP contribution in [0.3, 0.4) is 0 Å².